The lowest BCUT2D eigenvalue weighted by Gasteiger charge is -2.25. The number of hydrogen-bond acceptors (Lipinski definition) is 9. The second-order valence-electron chi connectivity index (χ2n) is 9.07. The van der Waals surface area contributed by atoms with Gasteiger partial charge in [0.2, 0.25) is 17.7 Å². The van der Waals surface area contributed by atoms with E-state index in [-0.39, 0.29) is 44.6 Å². The fourth-order valence-electron chi connectivity index (χ4n) is 3.67. The molecule has 0 aliphatic heterocycles. The van der Waals surface area contributed by atoms with Gasteiger partial charge in [-0.2, -0.15) is 0 Å². The molecule has 0 aliphatic carbocycles. The zero-order chi connectivity index (χ0) is 30.4. The van der Waals surface area contributed by atoms with Crippen LogP contribution >= 0.6 is 0 Å². The molecule has 2 aromatic heterocycles. The monoisotopic (exact) mass is 577 g/mol. The van der Waals surface area contributed by atoms with Gasteiger partial charge in [-0.1, -0.05) is 0 Å². The highest BCUT2D eigenvalue weighted by Crippen LogP contribution is 2.06. The Morgan fingerprint density at radius 1 is 0.829 bits per heavy atom. The Morgan fingerprint density at radius 3 is 1.93 bits per heavy atom. The van der Waals surface area contributed by atoms with Gasteiger partial charge >= 0.3 is 11.9 Å². The first-order chi connectivity index (χ1) is 19.5. The number of imidazole rings is 2. The van der Waals surface area contributed by atoms with Gasteiger partial charge in [-0.3, -0.25) is 24.2 Å². The molecule has 0 saturated heterocycles. The van der Waals surface area contributed by atoms with Crippen molar-refractivity contribution in [3.63, 3.8) is 0 Å². The van der Waals surface area contributed by atoms with Crippen molar-refractivity contribution in [2.24, 2.45) is 22.2 Å². The molecule has 0 unspecified atom stereocenters. The molecule has 0 aliphatic rings. The van der Waals surface area contributed by atoms with Gasteiger partial charge in [0.1, 0.15) is 18.1 Å². The molecular formula is C23H35N11O7. The Bertz CT molecular complexity index is 1180. The number of nitrogens with two attached hydrogens (primary N) is 3. The van der Waals surface area contributed by atoms with Crippen LogP contribution in [0.3, 0.4) is 0 Å². The number of rotatable bonds is 18. The summed E-state index contributed by atoms with van der Waals surface area (Å²) in [4.78, 5) is 79.1. The summed E-state index contributed by atoms with van der Waals surface area (Å²) in [5.41, 5.74) is 17.5. The summed E-state index contributed by atoms with van der Waals surface area (Å²) in [6, 6.07) is -5.08. The minimum Gasteiger partial charge on any atom is -0.481 e. The fourth-order valence-corrected chi connectivity index (χ4v) is 3.67. The third kappa shape index (κ3) is 11.7. The number of nitrogens with one attached hydrogen (secondary N) is 5. The third-order valence-corrected chi connectivity index (χ3v) is 5.78. The lowest BCUT2D eigenvalue weighted by atomic mass is 10.1. The standard InChI is InChI=1S/C23H35N11O7/c24-14(6-12-8-27-10-30-12)19(37)32-15(3-4-18(35)36)20(38)34-17(7-13-9-28-11-31-13)21(39)33-16(22(40)41)2-1-5-29-23(25)26/h8-11,14-17H,1-7,24H2,(H,27,30)(H,28,31)(H,32,37)(H,33,39)(H,34,38)(H,35,36)(H,40,41)(H4,25,26,29)/t14-,15-,16-,17-/m0/s1. The smallest absolute Gasteiger partial charge is 0.326 e. The summed E-state index contributed by atoms with van der Waals surface area (Å²) < 4.78 is 0. The SMILES string of the molecule is NC(N)=NCCC[C@H](NC(=O)[C@H](Cc1cnc[nH]1)NC(=O)[C@H](CCC(=O)O)NC(=O)[C@@H](N)Cc1cnc[nH]1)C(=O)O. The molecule has 0 spiro atoms. The second-order valence-corrected chi connectivity index (χ2v) is 9.07. The van der Waals surface area contributed by atoms with E-state index in [2.05, 4.69) is 40.9 Å². The number of guanidine groups is 1. The summed E-state index contributed by atoms with van der Waals surface area (Å²) in [6.07, 6.45) is 5.08. The number of aliphatic imine (C=N–C) groups is 1. The minimum atomic E-state index is -1.36. The predicted octanol–water partition coefficient (Wildman–Crippen LogP) is -3.30. The molecular weight excluding hydrogens is 542 g/mol. The van der Waals surface area contributed by atoms with Crippen LogP contribution in [0.1, 0.15) is 37.1 Å². The number of carbonyl (C=O) groups excluding carboxylic acids is 3. The topological polar surface area (TPSA) is 310 Å². The number of nitrogens with zero attached hydrogens (tertiary/aromatic N) is 3. The highest BCUT2D eigenvalue weighted by atomic mass is 16.4. The van der Waals surface area contributed by atoms with E-state index in [9.17, 15) is 29.1 Å². The maximum atomic E-state index is 13.2. The lowest BCUT2D eigenvalue weighted by molar-refractivity contribution is -0.142. The van der Waals surface area contributed by atoms with E-state index in [1.54, 1.807) is 0 Å². The van der Waals surface area contributed by atoms with E-state index in [0.717, 1.165) is 0 Å². The molecule has 2 rings (SSSR count). The Morgan fingerprint density at radius 2 is 1.39 bits per heavy atom. The summed E-state index contributed by atoms with van der Waals surface area (Å²) >= 11 is 0. The van der Waals surface area contributed by atoms with Crippen molar-refractivity contribution in [2.45, 2.75) is 62.7 Å². The van der Waals surface area contributed by atoms with E-state index in [0.29, 0.717) is 11.4 Å². The Balaban J connectivity index is 2.16. The molecule has 18 heteroatoms. The van der Waals surface area contributed by atoms with Gasteiger partial charge in [0.15, 0.2) is 5.96 Å². The van der Waals surface area contributed by atoms with Crippen LogP contribution in [0.15, 0.2) is 30.0 Å². The third-order valence-electron chi connectivity index (χ3n) is 5.78. The molecule has 0 saturated carbocycles. The molecule has 0 radical (unpaired) electrons. The predicted molar refractivity (Wildman–Crippen MR) is 143 cm³/mol. The van der Waals surface area contributed by atoms with Crippen LogP contribution in [0.4, 0.5) is 0 Å². The molecule has 0 bridgehead atoms. The van der Waals surface area contributed by atoms with E-state index >= 15 is 0 Å². The van der Waals surface area contributed by atoms with Gasteiger partial charge in [0, 0.05) is 49.6 Å². The molecule has 0 aromatic carbocycles. The van der Waals surface area contributed by atoms with E-state index in [4.69, 9.17) is 22.3 Å². The van der Waals surface area contributed by atoms with Gasteiger partial charge in [0.05, 0.1) is 18.7 Å². The highest BCUT2D eigenvalue weighted by molar-refractivity contribution is 5.94. The number of aliphatic carboxylic acids is 2. The van der Waals surface area contributed by atoms with Crippen molar-refractivity contribution in [2.75, 3.05) is 6.54 Å². The minimum absolute atomic E-state index is 0.00586. The van der Waals surface area contributed by atoms with Crippen LogP contribution in [0.5, 0.6) is 0 Å². The highest BCUT2D eigenvalue weighted by Gasteiger charge is 2.31. The van der Waals surface area contributed by atoms with E-state index in [1.165, 1.54) is 25.0 Å². The molecule has 13 N–H and O–H groups in total. The average molecular weight is 578 g/mol. The van der Waals surface area contributed by atoms with E-state index < -0.39 is 60.2 Å². The normalized spacial score (nSPS) is 13.7. The first kappa shape index (κ1) is 32.2. The van der Waals surface area contributed by atoms with Crippen molar-refractivity contribution in [3.8, 4) is 0 Å². The number of amides is 3. The number of aromatic nitrogens is 4. The number of hydrogen-bond donors (Lipinski definition) is 10. The number of carbonyl (C=O) groups is 5. The molecule has 2 heterocycles. The van der Waals surface area contributed by atoms with Crippen molar-refractivity contribution in [3.05, 3.63) is 36.4 Å². The van der Waals surface area contributed by atoms with Crippen LogP contribution in [0.25, 0.3) is 0 Å². The number of aromatic amines is 2. The largest absolute Gasteiger partial charge is 0.481 e. The molecule has 0 fully saturated rings. The Hall–Kier alpha value is -5.00. The molecule has 3 amide bonds. The molecule has 2 aromatic rings. The van der Waals surface area contributed by atoms with Crippen molar-refractivity contribution in [1.29, 1.82) is 0 Å². The molecule has 224 valence electrons. The number of carboxylic acid groups (broad SMARTS) is 2. The van der Waals surface area contributed by atoms with Crippen LogP contribution in [0, 0.1) is 0 Å². The maximum absolute atomic E-state index is 13.2. The Labute approximate surface area is 234 Å². The van der Waals surface area contributed by atoms with E-state index in [1.807, 2.05) is 0 Å². The number of H-pyrrole nitrogens is 2. The molecule has 18 nitrogen and oxygen atoms in total. The molecule has 4 atom stereocenters. The summed E-state index contributed by atoms with van der Waals surface area (Å²) in [7, 11) is 0. The summed E-state index contributed by atoms with van der Waals surface area (Å²) in [6.45, 7) is 0.143. The van der Waals surface area contributed by atoms with Crippen LogP contribution in [-0.4, -0.2) is 96.5 Å². The van der Waals surface area contributed by atoms with Crippen molar-refractivity contribution in [1.82, 2.24) is 35.9 Å². The Kier molecular flexibility index (Phi) is 12.7. The van der Waals surface area contributed by atoms with Crippen molar-refractivity contribution >= 4 is 35.6 Å². The summed E-state index contributed by atoms with van der Waals surface area (Å²) in [5, 5.41) is 26.0. The van der Waals surface area contributed by atoms with Gasteiger partial charge in [-0.15, -0.1) is 0 Å². The zero-order valence-electron chi connectivity index (χ0n) is 22.1. The molecule has 41 heavy (non-hydrogen) atoms. The van der Waals surface area contributed by atoms with Crippen LogP contribution in [-0.2, 0) is 36.8 Å². The lowest BCUT2D eigenvalue weighted by Crippen LogP contribution is -2.57. The van der Waals surface area contributed by atoms with Gasteiger partial charge in [-0.05, 0) is 19.3 Å². The van der Waals surface area contributed by atoms with Gasteiger partial charge in [0.25, 0.3) is 0 Å². The zero-order valence-corrected chi connectivity index (χ0v) is 22.1. The van der Waals surface area contributed by atoms with Gasteiger partial charge < -0.3 is 53.3 Å². The number of carboxylic acids is 2. The summed E-state index contributed by atoms with van der Waals surface area (Å²) in [5.74, 6) is -5.11. The van der Waals surface area contributed by atoms with Crippen LogP contribution in [0.2, 0.25) is 0 Å². The second kappa shape index (κ2) is 16.2. The first-order valence-corrected chi connectivity index (χ1v) is 12.6. The maximum Gasteiger partial charge on any atom is 0.326 e. The fraction of sp³-hybridized carbons (Fsp3) is 0.478. The van der Waals surface area contributed by atoms with Crippen LogP contribution < -0.4 is 33.2 Å². The van der Waals surface area contributed by atoms with Gasteiger partial charge in [-0.25, -0.2) is 14.8 Å². The quantitative estimate of drug-likeness (QED) is 0.0473. The first-order valence-electron chi connectivity index (χ1n) is 12.6. The average Bonchev–Trinajstić information content (AvgIpc) is 3.61. The van der Waals surface area contributed by atoms with Crippen molar-refractivity contribution < 1.29 is 34.2 Å².